The Morgan fingerprint density at radius 2 is 1.71 bits per heavy atom. The highest BCUT2D eigenvalue weighted by Crippen LogP contribution is 2.34. The van der Waals surface area contributed by atoms with Crippen molar-refractivity contribution in [2.45, 2.75) is 38.8 Å². The quantitative estimate of drug-likeness (QED) is 0.736. The van der Waals surface area contributed by atoms with Crippen molar-refractivity contribution in [3.05, 3.63) is 28.7 Å². The van der Waals surface area contributed by atoms with Gasteiger partial charge in [-0.25, -0.2) is 0 Å². The van der Waals surface area contributed by atoms with Crippen molar-refractivity contribution in [3.8, 4) is 0 Å². The summed E-state index contributed by atoms with van der Waals surface area (Å²) in [5.41, 5.74) is 1.34. The van der Waals surface area contributed by atoms with Crippen LogP contribution in [-0.4, -0.2) is 12.1 Å². The third-order valence-electron chi connectivity index (χ3n) is 3.08. The van der Waals surface area contributed by atoms with E-state index in [4.69, 9.17) is 0 Å². The fourth-order valence-electron chi connectivity index (χ4n) is 2.33. The van der Waals surface area contributed by atoms with Crippen LogP contribution in [0.15, 0.2) is 28.7 Å². The number of benzene rings is 1. The van der Waals surface area contributed by atoms with Gasteiger partial charge in [0.2, 0.25) is 0 Å². The van der Waals surface area contributed by atoms with Crippen molar-refractivity contribution < 1.29 is 0 Å². The van der Waals surface area contributed by atoms with E-state index < -0.39 is 0 Å². The van der Waals surface area contributed by atoms with Gasteiger partial charge in [-0.2, -0.15) is 0 Å². The lowest BCUT2D eigenvalue weighted by atomic mass is 10.2. The maximum absolute atomic E-state index is 3.62. The molecule has 76 valence electrons. The number of rotatable bonds is 1. The van der Waals surface area contributed by atoms with Gasteiger partial charge in [-0.05, 0) is 54.8 Å². The van der Waals surface area contributed by atoms with Crippen LogP contribution in [0.5, 0.6) is 0 Å². The third-order valence-corrected chi connectivity index (χ3v) is 3.75. The molecular weight excluding hydrogens is 238 g/mol. The number of nitrogens with zero attached hydrogens (tertiary/aromatic N) is 1. The first-order valence-corrected chi connectivity index (χ1v) is 6.02. The van der Waals surface area contributed by atoms with Crippen molar-refractivity contribution >= 4 is 21.6 Å². The van der Waals surface area contributed by atoms with Crippen LogP contribution in [0.4, 0.5) is 5.69 Å². The molecule has 1 aromatic carbocycles. The molecule has 2 rings (SSSR count). The van der Waals surface area contributed by atoms with E-state index in [0.717, 1.165) is 0 Å². The minimum atomic E-state index is 0.670. The summed E-state index contributed by atoms with van der Waals surface area (Å²) in [6, 6.07) is 9.83. The lowest BCUT2D eigenvalue weighted by Gasteiger charge is -2.29. The van der Waals surface area contributed by atoms with Crippen molar-refractivity contribution in [3.63, 3.8) is 0 Å². The Kier molecular flexibility index (Phi) is 2.82. The third kappa shape index (κ3) is 1.68. The highest BCUT2D eigenvalue weighted by molar-refractivity contribution is 9.10. The fraction of sp³-hybridized carbons (Fsp3) is 0.500. The zero-order valence-electron chi connectivity index (χ0n) is 8.70. The van der Waals surface area contributed by atoms with Crippen molar-refractivity contribution in [1.82, 2.24) is 0 Å². The molecule has 14 heavy (non-hydrogen) atoms. The topological polar surface area (TPSA) is 3.24 Å². The molecule has 2 atom stereocenters. The van der Waals surface area contributed by atoms with E-state index >= 15 is 0 Å². The average Bonchev–Trinajstić information content (AvgIpc) is 2.48. The Hall–Kier alpha value is -0.500. The van der Waals surface area contributed by atoms with Crippen LogP contribution in [0.2, 0.25) is 0 Å². The Labute approximate surface area is 94.2 Å². The molecule has 1 saturated heterocycles. The Bertz CT molecular complexity index is 314. The minimum absolute atomic E-state index is 0.670. The summed E-state index contributed by atoms with van der Waals surface area (Å²) >= 11 is 3.62. The van der Waals surface area contributed by atoms with Gasteiger partial charge < -0.3 is 4.90 Å². The molecule has 1 fully saturated rings. The number of halogens is 1. The Morgan fingerprint density at radius 3 is 2.29 bits per heavy atom. The van der Waals surface area contributed by atoms with Gasteiger partial charge in [0.05, 0.1) is 5.69 Å². The summed E-state index contributed by atoms with van der Waals surface area (Å²) in [6.07, 6.45) is 2.62. The molecule has 0 spiro atoms. The normalized spacial score (nSPS) is 26.9. The average molecular weight is 254 g/mol. The van der Waals surface area contributed by atoms with E-state index in [-0.39, 0.29) is 0 Å². The monoisotopic (exact) mass is 253 g/mol. The molecule has 1 aliphatic heterocycles. The zero-order chi connectivity index (χ0) is 10.1. The van der Waals surface area contributed by atoms with Crippen LogP contribution >= 0.6 is 15.9 Å². The molecule has 0 radical (unpaired) electrons. The molecule has 0 N–H and O–H groups in total. The summed E-state index contributed by atoms with van der Waals surface area (Å²) in [5, 5.41) is 0. The highest BCUT2D eigenvalue weighted by Gasteiger charge is 2.28. The first kappa shape index (κ1) is 10.0. The fourth-order valence-corrected chi connectivity index (χ4v) is 2.82. The first-order valence-electron chi connectivity index (χ1n) is 5.23. The zero-order valence-corrected chi connectivity index (χ0v) is 10.3. The van der Waals surface area contributed by atoms with Crippen molar-refractivity contribution in [2.75, 3.05) is 4.90 Å². The van der Waals surface area contributed by atoms with E-state index in [2.05, 4.69) is 58.9 Å². The summed E-state index contributed by atoms with van der Waals surface area (Å²) in [7, 11) is 0. The summed E-state index contributed by atoms with van der Waals surface area (Å²) in [4.78, 5) is 2.52. The molecule has 1 heterocycles. The van der Waals surface area contributed by atoms with E-state index in [1.807, 2.05) is 0 Å². The predicted octanol–water partition coefficient (Wildman–Crippen LogP) is 3.83. The molecule has 1 aliphatic rings. The smallest absolute Gasteiger partial charge is 0.0515 e. The van der Waals surface area contributed by atoms with Gasteiger partial charge in [-0.1, -0.05) is 12.1 Å². The van der Waals surface area contributed by atoms with Crippen LogP contribution in [0.25, 0.3) is 0 Å². The number of para-hydroxylation sites is 1. The van der Waals surface area contributed by atoms with Gasteiger partial charge in [0.1, 0.15) is 0 Å². The van der Waals surface area contributed by atoms with Crippen LogP contribution in [0.1, 0.15) is 26.7 Å². The highest BCUT2D eigenvalue weighted by atomic mass is 79.9. The minimum Gasteiger partial charge on any atom is -0.365 e. The molecule has 0 saturated carbocycles. The second-order valence-corrected chi connectivity index (χ2v) is 4.99. The van der Waals surface area contributed by atoms with Crippen molar-refractivity contribution in [2.24, 2.45) is 0 Å². The molecule has 0 amide bonds. The van der Waals surface area contributed by atoms with Gasteiger partial charge in [0.25, 0.3) is 0 Å². The van der Waals surface area contributed by atoms with Gasteiger partial charge in [0, 0.05) is 16.6 Å². The van der Waals surface area contributed by atoms with Crippen LogP contribution in [-0.2, 0) is 0 Å². The van der Waals surface area contributed by atoms with Gasteiger partial charge in [-0.3, -0.25) is 0 Å². The second-order valence-electron chi connectivity index (χ2n) is 4.13. The first-order chi connectivity index (χ1) is 6.70. The predicted molar refractivity (Wildman–Crippen MR) is 64.8 cm³/mol. The molecule has 0 unspecified atom stereocenters. The number of hydrogen-bond donors (Lipinski definition) is 0. The Morgan fingerprint density at radius 1 is 1.14 bits per heavy atom. The number of anilines is 1. The van der Waals surface area contributed by atoms with E-state index in [1.165, 1.54) is 23.0 Å². The molecule has 1 aromatic rings. The lowest BCUT2D eigenvalue weighted by molar-refractivity contribution is 0.692. The lowest BCUT2D eigenvalue weighted by Crippen LogP contribution is -2.32. The molecule has 0 aliphatic carbocycles. The largest absolute Gasteiger partial charge is 0.365 e. The van der Waals surface area contributed by atoms with Crippen LogP contribution in [0.3, 0.4) is 0 Å². The number of hydrogen-bond acceptors (Lipinski definition) is 1. The molecule has 1 nitrogen and oxygen atoms in total. The van der Waals surface area contributed by atoms with Gasteiger partial charge in [0.15, 0.2) is 0 Å². The van der Waals surface area contributed by atoms with Gasteiger partial charge in [-0.15, -0.1) is 0 Å². The van der Waals surface area contributed by atoms with E-state index in [1.54, 1.807) is 0 Å². The second kappa shape index (κ2) is 3.93. The van der Waals surface area contributed by atoms with Crippen LogP contribution in [0, 0.1) is 0 Å². The standard InChI is InChI=1S/C12H16BrN/c1-9-7-8-10(2)14(9)12-6-4-3-5-11(12)13/h3-6,9-10H,7-8H2,1-2H3/t9-,10-/m1/s1. The summed E-state index contributed by atoms with van der Waals surface area (Å²) in [6.45, 7) is 4.62. The van der Waals surface area contributed by atoms with Crippen LogP contribution < -0.4 is 4.90 Å². The van der Waals surface area contributed by atoms with E-state index in [9.17, 15) is 0 Å². The Balaban J connectivity index is 2.34. The molecule has 0 aromatic heterocycles. The SMILES string of the molecule is C[C@@H]1CC[C@@H](C)N1c1ccccc1Br. The molecule has 2 heteroatoms. The maximum atomic E-state index is 3.62. The van der Waals surface area contributed by atoms with Crippen molar-refractivity contribution in [1.29, 1.82) is 0 Å². The molecule has 0 bridgehead atoms. The maximum Gasteiger partial charge on any atom is 0.0515 e. The van der Waals surface area contributed by atoms with E-state index in [0.29, 0.717) is 12.1 Å². The summed E-state index contributed by atoms with van der Waals surface area (Å²) < 4.78 is 1.21. The summed E-state index contributed by atoms with van der Waals surface area (Å²) in [5.74, 6) is 0. The molecular formula is C12H16BrN. The van der Waals surface area contributed by atoms with Gasteiger partial charge >= 0.3 is 0 Å².